The maximum Gasteiger partial charge on any atom is 0.275 e. The molecule has 33 heavy (non-hydrogen) atoms. The molecular weight excluding hydrogens is 440 g/mol. The van der Waals surface area contributed by atoms with E-state index in [0.717, 1.165) is 30.8 Å². The lowest BCUT2D eigenvalue weighted by Gasteiger charge is -2.21. The Morgan fingerprint density at radius 3 is 3.03 bits per heavy atom. The largest absolute Gasteiger partial charge is 0.497 e. The number of methoxy groups -OCH3 is 1. The van der Waals surface area contributed by atoms with Crippen molar-refractivity contribution in [3.05, 3.63) is 58.9 Å². The van der Waals surface area contributed by atoms with Crippen LogP contribution >= 0.6 is 11.3 Å². The van der Waals surface area contributed by atoms with Gasteiger partial charge in [-0.3, -0.25) is 24.5 Å². The van der Waals surface area contributed by atoms with Crippen molar-refractivity contribution in [2.24, 2.45) is 4.99 Å². The fourth-order valence-electron chi connectivity index (χ4n) is 4.11. The van der Waals surface area contributed by atoms with Crippen LogP contribution in [-0.4, -0.2) is 54.7 Å². The minimum absolute atomic E-state index is 0.154. The number of anilines is 3. The first-order valence-electron chi connectivity index (χ1n) is 10.5. The Morgan fingerprint density at radius 2 is 2.24 bits per heavy atom. The number of rotatable bonds is 6. The van der Waals surface area contributed by atoms with Gasteiger partial charge >= 0.3 is 0 Å². The number of amides is 2. The van der Waals surface area contributed by atoms with E-state index in [4.69, 9.17) is 4.74 Å². The van der Waals surface area contributed by atoms with Gasteiger partial charge in [0, 0.05) is 30.2 Å². The van der Waals surface area contributed by atoms with Gasteiger partial charge in [0.15, 0.2) is 5.13 Å². The van der Waals surface area contributed by atoms with Crippen LogP contribution < -0.4 is 19.9 Å². The number of ether oxygens (including phenoxy) is 1. The molecule has 168 valence electrons. The number of carbonyl (C=O) groups excluding carboxylic acids is 2. The standard InChI is InChI=1S/C23H22N6O3S/c1-24-15-6-8-28(12-15)20-5-7-25-10-18(20)26-21(30)19-13-33-23(27-19)29-11-14-3-4-16(32-2)9-17(14)22(29)31/h3-5,7,9-10,13,15H,1,6,8,11-12H2,2H3,(H,26,30)/t15-/m1/s1. The molecule has 0 bridgehead atoms. The maximum absolute atomic E-state index is 13.0. The number of benzene rings is 1. The number of hydrogen-bond acceptors (Lipinski definition) is 8. The molecule has 1 N–H and O–H groups in total. The molecule has 3 aromatic rings. The normalized spacial score (nSPS) is 17.2. The summed E-state index contributed by atoms with van der Waals surface area (Å²) in [6, 6.07) is 7.50. The number of hydrogen-bond donors (Lipinski definition) is 1. The molecule has 0 aliphatic carbocycles. The molecule has 9 nitrogen and oxygen atoms in total. The van der Waals surface area contributed by atoms with E-state index in [1.807, 2.05) is 18.2 Å². The summed E-state index contributed by atoms with van der Waals surface area (Å²) < 4.78 is 5.23. The van der Waals surface area contributed by atoms with Crippen LogP contribution in [0.4, 0.5) is 16.5 Å². The van der Waals surface area contributed by atoms with Gasteiger partial charge in [0.05, 0.1) is 37.3 Å². The van der Waals surface area contributed by atoms with Crippen LogP contribution in [0.25, 0.3) is 0 Å². The number of pyridine rings is 1. The summed E-state index contributed by atoms with van der Waals surface area (Å²) in [5.41, 5.74) is 3.24. The summed E-state index contributed by atoms with van der Waals surface area (Å²) in [7, 11) is 1.57. The molecule has 2 aliphatic rings. The van der Waals surface area contributed by atoms with E-state index in [2.05, 4.69) is 31.9 Å². The molecule has 1 saturated heterocycles. The summed E-state index contributed by atoms with van der Waals surface area (Å²) in [6.07, 6.45) is 4.25. The number of aromatic nitrogens is 2. The molecule has 0 spiro atoms. The molecule has 2 aliphatic heterocycles. The third kappa shape index (κ3) is 3.93. The van der Waals surface area contributed by atoms with Gasteiger partial charge in [0.25, 0.3) is 11.8 Å². The van der Waals surface area contributed by atoms with Gasteiger partial charge in [-0.25, -0.2) is 4.98 Å². The van der Waals surface area contributed by atoms with Crippen LogP contribution in [-0.2, 0) is 6.54 Å². The average molecular weight is 463 g/mol. The van der Waals surface area contributed by atoms with Crippen molar-refractivity contribution in [3.63, 3.8) is 0 Å². The summed E-state index contributed by atoms with van der Waals surface area (Å²) >= 11 is 1.26. The Morgan fingerprint density at radius 1 is 1.36 bits per heavy atom. The van der Waals surface area contributed by atoms with Gasteiger partial charge in [-0.1, -0.05) is 6.07 Å². The van der Waals surface area contributed by atoms with Crippen molar-refractivity contribution < 1.29 is 14.3 Å². The van der Waals surface area contributed by atoms with Crippen molar-refractivity contribution in [1.29, 1.82) is 0 Å². The van der Waals surface area contributed by atoms with Crippen molar-refractivity contribution >= 4 is 46.4 Å². The van der Waals surface area contributed by atoms with E-state index < -0.39 is 0 Å². The molecule has 1 fully saturated rings. The van der Waals surface area contributed by atoms with Crippen molar-refractivity contribution in [2.75, 3.05) is 35.3 Å². The number of nitrogens with zero attached hydrogens (tertiary/aromatic N) is 5. The second kappa shape index (κ2) is 8.62. The lowest BCUT2D eigenvalue weighted by atomic mass is 10.1. The van der Waals surface area contributed by atoms with Crippen LogP contribution in [0.2, 0.25) is 0 Å². The summed E-state index contributed by atoms with van der Waals surface area (Å²) in [5.74, 6) is 0.123. The first kappa shape index (κ1) is 21.1. The van der Waals surface area contributed by atoms with Crippen molar-refractivity contribution in [3.8, 4) is 5.75 Å². The zero-order chi connectivity index (χ0) is 22.9. The Hall–Kier alpha value is -3.79. The van der Waals surface area contributed by atoms with Crippen molar-refractivity contribution in [2.45, 2.75) is 19.0 Å². The SMILES string of the molecule is C=N[C@@H]1CCN(c2ccncc2NC(=O)c2csc(N3Cc4ccc(OC)cc4C3=O)n2)C1. The molecule has 2 amide bonds. The predicted octanol–water partition coefficient (Wildman–Crippen LogP) is 3.24. The molecule has 4 heterocycles. The Kier molecular flexibility index (Phi) is 5.51. The van der Waals surface area contributed by atoms with E-state index in [1.165, 1.54) is 11.3 Å². The third-order valence-electron chi connectivity index (χ3n) is 5.89. The summed E-state index contributed by atoms with van der Waals surface area (Å²) in [6.45, 7) is 5.64. The average Bonchev–Trinajstić information content (AvgIpc) is 3.58. The quantitative estimate of drug-likeness (QED) is 0.565. The molecule has 10 heteroatoms. The van der Waals surface area contributed by atoms with E-state index in [9.17, 15) is 9.59 Å². The van der Waals surface area contributed by atoms with Gasteiger partial charge in [0.1, 0.15) is 11.4 Å². The highest BCUT2D eigenvalue weighted by Crippen LogP contribution is 2.33. The zero-order valence-electron chi connectivity index (χ0n) is 18.0. The summed E-state index contributed by atoms with van der Waals surface area (Å²) in [5, 5.41) is 5.05. The highest BCUT2D eigenvalue weighted by Gasteiger charge is 2.31. The monoisotopic (exact) mass is 462 g/mol. The third-order valence-corrected chi connectivity index (χ3v) is 6.75. The van der Waals surface area contributed by atoms with Crippen LogP contribution in [0.15, 0.2) is 47.0 Å². The minimum Gasteiger partial charge on any atom is -0.497 e. The fourth-order valence-corrected chi connectivity index (χ4v) is 4.91. The van der Waals surface area contributed by atoms with Crippen molar-refractivity contribution in [1.82, 2.24) is 9.97 Å². The minimum atomic E-state index is -0.352. The number of aliphatic imine (C=N–C) groups is 1. The molecule has 1 atom stereocenters. The lowest BCUT2D eigenvalue weighted by Crippen LogP contribution is -2.24. The lowest BCUT2D eigenvalue weighted by molar-refractivity contribution is 0.0991. The molecule has 2 aromatic heterocycles. The van der Waals surface area contributed by atoms with Crippen LogP contribution in [0, 0.1) is 0 Å². The molecule has 0 radical (unpaired) electrons. The second-order valence-electron chi connectivity index (χ2n) is 7.85. The van der Waals surface area contributed by atoms with E-state index in [-0.39, 0.29) is 23.6 Å². The molecule has 0 saturated carbocycles. The van der Waals surface area contributed by atoms with Gasteiger partial charge < -0.3 is 15.0 Å². The van der Waals surface area contributed by atoms with Crippen LogP contribution in [0.3, 0.4) is 0 Å². The number of thiazole rings is 1. The molecule has 1 aromatic carbocycles. The highest BCUT2D eigenvalue weighted by molar-refractivity contribution is 7.14. The smallest absolute Gasteiger partial charge is 0.275 e. The molecule has 0 unspecified atom stereocenters. The van der Waals surface area contributed by atoms with Gasteiger partial charge in [-0.05, 0) is 36.9 Å². The predicted molar refractivity (Wildman–Crippen MR) is 128 cm³/mol. The Bertz CT molecular complexity index is 1240. The molecule has 5 rings (SSSR count). The first-order valence-corrected chi connectivity index (χ1v) is 11.4. The van der Waals surface area contributed by atoms with Gasteiger partial charge in [0.2, 0.25) is 0 Å². The molecular formula is C23H22N6O3S. The van der Waals surface area contributed by atoms with E-state index in [1.54, 1.807) is 35.8 Å². The maximum atomic E-state index is 13.0. The topological polar surface area (TPSA) is 100 Å². The van der Waals surface area contributed by atoms with Gasteiger partial charge in [-0.15, -0.1) is 11.3 Å². The number of nitrogens with one attached hydrogen (secondary N) is 1. The highest BCUT2D eigenvalue weighted by atomic mass is 32.1. The Labute approximate surface area is 194 Å². The summed E-state index contributed by atoms with van der Waals surface area (Å²) in [4.78, 5) is 42.3. The van der Waals surface area contributed by atoms with Crippen LogP contribution in [0.5, 0.6) is 5.75 Å². The number of carbonyl (C=O) groups is 2. The van der Waals surface area contributed by atoms with Gasteiger partial charge in [-0.2, -0.15) is 0 Å². The Balaban J connectivity index is 1.32. The van der Waals surface area contributed by atoms with E-state index in [0.29, 0.717) is 28.7 Å². The van der Waals surface area contributed by atoms with E-state index >= 15 is 0 Å². The fraction of sp³-hybridized carbons (Fsp3) is 0.261. The van der Waals surface area contributed by atoms with Crippen LogP contribution in [0.1, 0.15) is 32.8 Å². The number of fused-ring (bicyclic) bond motifs is 1. The zero-order valence-corrected chi connectivity index (χ0v) is 18.8. The first-order chi connectivity index (χ1) is 16.1. The second-order valence-corrected chi connectivity index (χ2v) is 8.68.